The topological polar surface area (TPSA) is 39.2 Å². The molecular formula is C15H13Cl2NO2. The summed E-state index contributed by atoms with van der Waals surface area (Å²) in [5.74, 6) is 0.470. The summed E-state index contributed by atoms with van der Waals surface area (Å²) in [6.45, 7) is 2.40. The van der Waals surface area contributed by atoms with E-state index in [9.17, 15) is 4.79 Å². The molecule has 2 rings (SSSR count). The number of rotatable bonds is 5. The fraction of sp³-hybridized carbons (Fsp3) is 0.200. The predicted octanol–water partition coefficient (Wildman–Crippen LogP) is 4.21. The first-order chi connectivity index (χ1) is 9.61. The second kappa shape index (κ2) is 6.73. The second-order valence-corrected chi connectivity index (χ2v) is 4.96. The van der Waals surface area contributed by atoms with Gasteiger partial charge in [-0.2, -0.15) is 0 Å². The minimum Gasteiger partial charge on any atom is -0.492 e. The van der Waals surface area contributed by atoms with Crippen LogP contribution < -0.4 is 4.74 Å². The molecule has 3 nitrogen and oxygen atoms in total. The third-order valence-corrected chi connectivity index (χ3v) is 3.45. The first kappa shape index (κ1) is 14.8. The largest absolute Gasteiger partial charge is 0.492 e. The molecule has 0 N–H and O–H groups in total. The molecule has 104 valence electrons. The van der Waals surface area contributed by atoms with Crippen molar-refractivity contribution in [3.8, 4) is 5.75 Å². The van der Waals surface area contributed by atoms with Gasteiger partial charge in [-0.15, -0.1) is 0 Å². The first-order valence-electron chi connectivity index (χ1n) is 6.15. The Balaban J connectivity index is 2.22. The molecule has 0 spiro atoms. The summed E-state index contributed by atoms with van der Waals surface area (Å²) < 4.78 is 5.33. The number of ether oxygens (including phenoxy) is 1. The highest BCUT2D eigenvalue weighted by Gasteiger charge is 2.13. The molecule has 0 aliphatic rings. The van der Waals surface area contributed by atoms with Crippen LogP contribution in [0.1, 0.15) is 22.8 Å². The summed E-state index contributed by atoms with van der Waals surface area (Å²) in [7, 11) is 0. The molecule has 0 bridgehead atoms. The van der Waals surface area contributed by atoms with E-state index < -0.39 is 0 Å². The Morgan fingerprint density at radius 1 is 1.25 bits per heavy atom. The molecule has 0 fully saturated rings. The van der Waals surface area contributed by atoms with E-state index in [1.165, 1.54) is 6.20 Å². The van der Waals surface area contributed by atoms with E-state index in [2.05, 4.69) is 4.98 Å². The van der Waals surface area contributed by atoms with Gasteiger partial charge in [0.1, 0.15) is 5.75 Å². The fourth-order valence-corrected chi connectivity index (χ4v) is 2.31. The number of pyridine rings is 1. The van der Waals surface area contributed by atoms with Crippen molar-refractivity contribution < 1.29 is 9.53 Å². The van der Waals surface area contributed by atoms with Crippen LogP contribution in [0.4, 0.5) is 0 Å². The van der Waals surface area contributed by atoms with Crippen molar-refractivity contribution in [3.05, 3.63) is 57.8 Å². The molecule has 0 radical (unpaired) electrons. The van der Waals surface area contributed by atoms with Crippen LogP contribution in [0.25, 0.3) is 0 Å². The van der Waals surface area contributed by atoms with Crippen LogP contribution in [0, 0.1) is 0 Å². The van der Waals surface area contributed by atoms with Gasteiger partial charge in [0.05, 0.1) is 12.8 Å². The van der Waals surface area contributed by atoms with Crippen LogP contribution in [0.3, 0.4) is 0 Å². The highest BCUT2D eigenvalue weighted by atomic mass is 35.5. The Labute approximate surface area is 127 Å². The number of Topliss-reactive ketones (excluding diaryl/α,β-unsaturated/α-hetero) is 1. The summed E-state index contributed by atoms with van der Waals surface area (Å²) in [6, 6.07) is 6.84. The van der Waals surface area contributed by atoms with Crippen molar-refractivity contribution >= 4 is 29.0 Å². The average molecular weight is 310 g/mol. The molecule has 20 heavy (non-hydrogen) atoms. The Morgan fingerprint density at radius 2 is 1.95 bits per heavy atom. The van der Waals surface area contributed by atoms with E-state index in [0.29, 0.717) is 33.5 Å². The number of carbonyl (C=O) groups excluding carboxylic acids is 1. The zero-order chi connectivity index (χ0) is 14.5. The number of ketones is 1. The number of benzene rings is 1. The van der Waals surface area contributed by atoms with E-state index in [-0.39, 0.29) is 12.2 Å². The van der Waals surface area contributed by atoms with Crippen LogP contribution in [-0.2, 0) is 6.42 Å². The van der Waals surface area contributed by atoms with Crippen LogP contribution in [0.2, 0.25) is 10.0 Å². The quantitative estimate of drug-likeness (QED) is 0.777. The van der Waals surface area contributed by atoms with Gasteiger partial charge < -0.3 is 4.74 Å². The molecule has 1 aromatic carbocycles. The van der Waals surface area contributed by atoms with Crippen LogP contribution in [0.15, 0.2) is 36.7 Å². The molecule has 0 atom stereocenters. The lowest BCUT2D eigenvalue weighted by Gasteiger charge is -2.07. The lowest BCUT2D eigenvalue weighted by Crippen LogP contribution is -2.06. The molecule has 0 aliphatic carbocycles. The zero-order valence-corrected chi connectivity index (χ0v) is 12.4. The monoisotopic (exact) mass is 309 g/mol. The lowest BCUT2D eigenvalue weighted by atomic mass is 10.0. The number of carbonyl (C=O) groups is 1. The molecule has 0 amide bonds. The maximum atomic E-state index is 12.3. The molecule has 2 aromatic rings. The van der Waals surface area contributed by atoms with Crippen molar-refractivity contribution in [2.24, 2.45) is 0 Å². The zero-order valence-electron chi connectivity index (χ0n) is 10.9. The van der Waals surface area contributed by atoms with Crippen molar-refractivity contribution in [2.75, 3.05) is 6.61 Å². The highest BCUT2D eigenvalue weighted by Crippen LogP contribution is 2.26. The summed E-state index contributed by atoms with van der Waals surface area (Å²) >= 11 is 12.1. The molecular weight excluding hydrogens is 297 g/mol. The Hall–Kier alpha value is -1.58. The van der Waals surface area contributed by atoms with Crippen LogP contribution >= 0.6 is 23.2 Å². The molecule has 0 saturated carbocycles. The van der Waals surface area contributed by atoms with Gasteiger partial charge in [-0.1, -0.05) is 29.3 Å². The summed E-state index contributed by atoms with van der Waals surface area (Å²) in [4.78, 5) is 16.3. The van der Waals surface area contributed by atoms with E-state index in [1.807, 2.05) is 6.92 Å². The van der Waals surface area contributed by atoms with E-state index in [0.717, 1.165) is 0 Å². The number of hydrogen-bond donors (Lipinski definition) is 0. The standard InChI is InChI=1S/C15H13Cl2NO2/c1-2-20-11-6-10(8-18-9-11)15(19)7-12-13(16)4-3-5-14(12)17/h3-6,8-9H,2,7H2,1H3. The van der Waals surface area contributed by atoms with Crippen molar-refractivity contribution in [2.45, 2.75) is 13.3 Å². The molecule has 1 heterocycles. The maximum Gasteiger partial charge on any atom is 0.169 e. The van der Waals surface area contributed by atoms with Crippen molar-refractivity contribution in [1.29, 1.82) is 0 Å². The van der Waals surface area contributed by atoms with Gasteiger partial charge in [-0.25, -0.2) is 0 Å². The molecule has 0 aliphatic heterocycles. The molecule has 1 aromatic heterocycles. The van der Waals surface area contributed by atoms with Gasteiger partial charge in [0, 0.05) is 28.2 Å². The molecule has 5 heteroatoms. The Kier molecular flexibility index (Phi) is 4.99. The van der Waals surface area contributed by atoms with Crippen molar-refractivity contribution in [3.63, 3.8) is 0 Å². The number of aromatic nitrogens is 1. The van der Waals surface area contributed by atoms with E-state index in [4.69, 9.17) is 27.9 Å². The SMILES string of the molecule is CCOc1cncc(C(=O)Cc2c(Cl)cccc2Cl)c1. The molecule has 0 saturated heterocycles. The minimum absolute atomic E-state index is 0.103. The van der Waals surface area contributed by atoms with Crippen molar-refractivity contribution in [1.82, 2.24) is 4.98 Å². The predicted molar refractivity (Wildman–Crippen MR) is 79.9 cm³/mol. The third-order valence-electron chi connectivity index (χ3n) is 2.75. The van der Waals surface area contributed by atoms with Gasteiger partial charge in [0.15, 0.2) is 5.78 Å². The van der Waals surface area contributed by atoms with E-state index >= 15 is 0 Å². The van der Waals surface area contributed by atoms with Crippen LogP contribution in [0.5, 0.6) is 5.75 Å². The van der Waals surface area contributed by atoms with E-state index in [1.54, 1.807) is 30.5 Å². The Bertz CT molecular complexity index is 609. The average Bonchev–Trinajstić information content (AvgIpc) is 2.43. The van der Waals surface area contributed by atoms with Gasteiger partial charge >= 0.3 is 0 Å². The smallest absolute Gasteiger partial charge is 0.169 e. The van der Waals surface area contributed by atoms with Crippen LogP contribution in [-0.4, -0.2) is 17.4 Å². The normalized spacial score (nSPS) is 10.3. The fourth-order valence-electron chi connectivity index (χ4n) is 1.78. The third kappa shape index (κ3) is 3.50. The number of nitrogens with zero attached hydrogens (tertiary/aromatic N) is 1. The number of hydrogen-bond acceptors (Lipinski definition) is 3. The maximum absolute atomic E-state index is 12.3. The van der Waals surface area contributed by atoms with Gasteiger partial charge in [-0.05, 0) is 30.7 Å². The number of halogens is 2. The van der Waals surface area contributed by atoms with Gasteiger partial charge in [0.25, 0.3) is 0 Å². The minimum atomic E-state index is -0.103. The summed E-state index contributed by atoms with van der Waals surface area (Å²) in [5, 5.41) is 0.972. The van der Waals surface area contributed by atoms with Gasteiger partial charge in [-0.3, -0.25) is 9.78 Å². The second-order valence-electron chi connectivity index (χ2n) is 4.14. The first-order valence-corrected chi connectivity index (χ1v) is 6.91. The molecule has 0 unspecified atom stereocenters. The Morgan fingerprint density at radius 3 is 2.60 bits per heavy atom. The summed E-state index contributed by atoms with van der Waals surface area (Å²) in [5.41, 5.74) is 1.11. The highest BCUT2D eigenvalue weighted by molar-refractivity contribution is 6.36. The summed E-state index contributed by atoms with van der Waals surface area (Å²) in [6.07, 6.45) is 3.22. The lowest BCUT2D eigenvalue weighted by molar-refractivity contribution is 0.0992. The van der Waals surface area contributed by atoms with Gasteiger partial charge in [0.2, 0.25) is 0 Å².